The number of carbonyl (C=O) groups is 2. The maximum atomic E-state index is 14.5. The zero-order chi connectivity index (χ0) is 53.2. The lowest BCUT2D eigenvalue weighted by atomic mass is 9.77. The standard InChI is InChI=1S/C51H90N6O15/c1-14-39-51(10,65)43(60)32(6)55(12)24-28(2)22-49(8,64)45(30(4)42(31(5)46(62)70-39)71-40-23-50(9,66-13)44(61)33(7)68-40)72-47-41(59)38(21-29(3)67-47)54(11)20-19-34-25-56(53-52-34)26-37-27-57(48(63)69-37)35-15-17-36(58)18-16-35/h25,28-33,35-45,47,58-61,64-65H,14-24,26-27H2,1-13H3/t28-,29-,30+,31-,32-,33+,35?,36?,37?,38+,39-,40+,41-,42+,43-,44+,45-,47+,49-,50-,51-/m1/s1. The predicted octanol–water partition coefficient (Wildman–Crippen LogP) is 2.23. The summed E-state index contributed by atoms with van der Waals surface area (Å²) in [6, 6.07) is -0.970. The second-order valence-electron chi connectivity index (χ2n) is 23.0. The van der Waals surface area contributed by atoms with Gasteiger partial charge < -0.3 is 78.5 Å². The number of esters is 1. The van der Waals surface area contributed by atoms with Crippen molar-refractivity contribution in [1.82, 2.24) is 29.7 Å². The van der Waals surface area contributed by atoms with Gasteiger partial charge in [0.2, 0.25) is 0 Å². The molecule has 0 spiro atoms. The molecule has 6 N–H and O–H groups in total. The highest BCUT2D eigenvalue weighted by atomic mass is 16.7. The number of hydrogen-bond donors (Lipinski definition) is 6. The lowest BCUT2D eigenvalue weighted by molar-refractivity contribution is -0.318. The average Bonchev–Trinajstić information content (AvgIpc) is 3.94. The van der Waals surface area contributed by atoms with Crippen LogP contribution in [0.2, 0.25) is 0 Å². The molecule has 5 aliphatic rings. The number of amides is 1. The van der Waals surface area contributed by atoms with Gasteiger partial charge in [0.05, 0.1) is 66.4 Å². The Hall–Kier alpha value is -2.64. The number of rotatable bonds is 13. The van der Waals surface area contributed by atoms with Gasteiger partial charge in [-0.05, 0) is 113 Å². The van der Waals surface area contributed by atoms with Crippen molar-refractivity contribution < 1.29 is 73.4 Å². The summed E-state index contributed by atoms with van der Waals surface area (Å²) in [5.74, 6) is -2.82. The third kappa shape index (κ3) is 13.5. The predicted molar refractivity (Wildman–Crippen MR) is 262 cm³/mol. The summed E-state index contributed by atoms with van der Waals surface area (Å²) in [6.45, 7) is 19.2. The lowest BCUT2D eigenvalue weighted by Gasteiger charge is -2.49. The number of aliphatic hydroxyl groups excluding tert-OH is 4. The van der Waals surface area contributed by atoms with E-state index in [2.05, 4.69) is 10.3 Å². The first kappa shape index (κ1) is 58.6. The molecule has 5 fully saturated rings. The number of aliphatic hydroxyl groups is 6. The SMILES string of the molecule is CC[C@H]1OC(=O)[C@H](C)[C@@H](O[C@H]2C[C@@](C)(OC)[C@@H](O)[C@H](C)O2)[C@H](C)[C@@H](O[C@@H]2O[C@H](C)C[C@H](N(C)CCc3cn(CC4CN(C5CCC(O)CC5)C(=O)O4)nn3)[C@H]2O)[C@](C)(O)C[C@@H](C)CN(C)[C@H](C)[C@@H](O)[C@]1(C)O. The van der Waals surface area contributed by atoms with Crippen molar-refractivity contribution in [2.24, 2.45) is 17.8 Å². The van der Waals surface area contributed by atoms with Crippen molar-refractivity contribution in [2.75, 3.05) is 40.8 Å². The summed E-state index contributed by atoms with van der Waals surface area (Å²) in [4.78, 5) is 33.0. The van der Waals surface area contributed by atoms with Crippen LogP contribution in [0.1, 0.15) is 126 Å². The molecule has 4 aliphatic heterocycles. The number of methoxy groups -OCH3 is 1. The van der Waals surface area contributed by atoms with E-state index < -0.39 is 102 Å². The fraction of sp³-hybridized carbons (Fsp3) is 0.922. The van der Waals surface area contributed by atoms with E-state index >= 15 is 0 Å². The van der Waals surface area contributed by atoms with Gasteiger partial charge in [0.25, 0.3) is 0 Å². The Morgan fingerprint density at radius 2 is 1.58 bits per heavy atom. The van der Waals surface area contributed by atoms with Crippen LogP contribution in [-0.4, -0.2) is 222 Å². The molecule has 1 saturated carbocycles. The third-order valence-electron chi connectivity index (χ3n) is 16.8. The van der Waals surface area contributed by atoms with Gasteiger partial charge in [-0.1, -0.05) is 26.0 Å². The minimum absolute atomic E-state index is 0.0586. The molecule has 0 bridgehead atoms. The minimum Gasteiger partial charge on any atom is -0.459 e. The topological polar surface area (TPSA) is 261 Å². The largest absolute Gasteiger partial charge is 0.459 e. The Morgan fingerprint density at radius 1 is 0.903 bits per heavy atom. The molecular formula is C51H90N6O15. The molecule has 0 aromatic carbocycles. The summed E-state index contributed by atoms with van der Waals surface area (Å²) in [5, 5.41) is 78.4. The first-order chi connectivity index (χ1) is 33.7. The van der Waals surface area contributed by atoms with Crippen molar-refractivity contribution in [3.05, 3.63) is 11.9 Å². The summed E-state index contributed by atoms with van der Waals surface area (Å²) < 4.78 is 45.7. The van der Waals surface area contributed by atoms with Gasteiger partial charge in [-0.3, -0.25) is 4.79 Å². The Morgan fingerprint density at radius 3 is 2.24 bits per heavy atom. The van der Waals surface area contributed by atoms with Crippen LogP contribution >= 0.6 is 0 Å². The Kier molecular flexibility index (Phi) is 19.7. The monoisotopic (exact) mass is 1030 g/mol. The molecule has 21 nitrogen and oxygen atoms in total. The van der Waals surface area contributed by atoms with E-state index in [1.165, 1.54) is 14.0 Å². The van der Waals surface area contributed by atoms with Crippen molar-refractivity contribution in [1.29, 1.82) is 0 Å². The Balaban J connectivity index is 1.22. The van der Waals surface area contributed by atoms with Gasteiger partial charge in [-0.15, -0.1) is 5.10 Å². The van der Waals surface area contributed by atoms with E-state index in [0.29, 0.717) is 51.9 Å². The number of carbonyl (C=O) groups excluding carboxylic acids is 2. The van der Waals surface area contributed by atoms with Crippen molar-refractivity contribution in [2.45, 2.75) is 242 Å². The van der Waals surface area contributed by atoms with Crippen LogP contribution in [0.4, 0.5) is 4.79 Å². The zero-order valence-electron chi connectivity index (χ0n) is 45.2. The van der Waals surface area contributed by atoms with E-state index in [1.54, 1.807) is 51.1 Å². The van der Waals surface area contributed by atoms with Gasteiger partial charge in [0.15, 0.2) is 12.6 Å². The van der Waals surface area contributed by atoms with Crippen LogP contribution in [0.3, 0.4) is 0 Å². The van der Waals surface area contributed by atoms with E-state index in [0.717, 1.165) is 18.5 Å². The maximum Gasteiger partial charge on any atom is 0.410 e. The normalized spacial score (nSPS) is 44.6. The highest BCUT2D eigenvalue weighted by Crippen LogP contribution is 2.40. The summed E-state index contributed by atoms with van der Waals surface area (Å²) in [7, 11) is 5.25. The summed E-state index contributed by atoms with van der Waals surface area (Å²) >= 11 is 0. The highest BCUT2D eigenvalue weighted by Gasteiger charge is 2.53. The first-order valence-electron chi connectivity index (χ1n) is 26.5. The molecule has 0 radical (unpaired) electrons. The fourth-order valence-corrected chi connectivity index (χ4v) is 12.2. The van der Waals surface area contributed by atoms with Crippen LogP contribution in [0.25, 0.3) is 0 Å². The molecule has 1 aromatic heterocycles. The molecule has 1 unspecified atom stereocenters. The van der Waals surface area contributed by atoms with Gasteiger partial charge >= 0.3 is 12.1 Å². The molecule has 72 heavy (non-hydrogen) atoms. The molecule has 1 amide bonds. The molecular weight excluding hydrogens is 937 g/mol. The van der Waals surface area contributed by atoms with Gasteiger partial charge in [-0.2, -0.15) is 0 Å². The minimum atomic E-state index is -1.84. The lowest BCUT2D eigenvalue weighted by Crippen LogP contribution is -2.61. The van der Waals surface area contributed by atoms with Crippen LogP contribution < -0.4 is 0 Å². The van der Waals surface area contributed by atoms with Gasteiger partial charge in [0, 0.05) is 63.3 Å². The smallest absolute Gasteiger partial charge is 0.410 e. The maximum absolute atomic E-state index is 14.5. The molecule has 1 aromatic rings. The number of hydrogen-bond acceptors (Lipinski definition) is 19. The highest BCUT2D eigenvalue weighted by molar-refractivity contribution is 5.73. The number of likely N-dealkylation sites (N-methyl/N-ethyl adjacent to an activating group) is 2. The van der Waals surface area contributed by atoms with E-state index in [1.807, 2.05) is 50.9 Å². The van der Waals surface area contributed by atoms with E-state index in [4.69, 9.17) is 33.2 Å². The van der Waals surface area contributed by atoms with Crippen molar-refractivity contribution in [3.63, 3.8) is 0 Å². The molecule has 6 rings (SSSR count). The zero-order valence-corrected chi connectivity index (χ0v) is 45.2. The fourth-order valence-electron chi connectivity index (χ4n) is 12.2. The number of nitrogens with zero attached hydrogens (tertiary/aromatic N) is 6. The Labute approximate surface area is 426 Å². The molecule has 414 valence electrons. The van der Waals surface area contributed by atoms with E-state index in [-0.39, 0.29) is 55.6 Å². The number of cyclic esters (lactones) is 2. The summed E-state index contributed by atoms with van der Waals surface area (Å²) in [6.07, 6.45) is -5.08. The molecule has 4 saturated heterocycles. The van der Waals surface area contributed by atoms with E-state index in [9.17, 15) is 40.2 Å². The second kappa shape index (κ2) is 24.1. The van der Waals surface area contributed by atoms with Crippen LogP contribution in [-0.2, 0) is 50.9 Å². The van der Waals surface area contributed by atoms with Crippen molar-refractivity contribution >= 4 is 12.1 Å². The Bertz CT molecular complexity index is 1900. The molecule has 19 atom stereocenters. The quantitative estimate of drug-likeness (QED) is 0.155. The van der Waals surface area contributed by atoms with Crippen LogP contribution in [0, 0.1) is 17.8 Å². The number of ether oxygens (including phenoxy) is 7. The molecule has 5 heterocycles. The van der Waals surface area contributed by atoms with Crippen LogP contribution in [0.5, 0.6) is 0 Å². The van der Waals surface area contributed by atoms with Crippen LogP contribution in [0.15, 0.2) is 6.20 Å². The van der Waals surface area contributed by atoms with Gasteiger partial charge in [-0.25, -0.2) is 9.48 Å². The van der Waals surface area contributed by atoms with Gasteiger partial charge in [0.1, 0.15) is 36.1 Å². The first-order valence-corrected chi connectivity index (χ1v) is 26.5. The average molecular weight is 1030 g/mol. The third-order valence-corrected chi connectivity index (χ3v) is 16.8. The number of aromatic nitrogens is 3. The molecule has 1 aliphatic carbocycles. The van der Waals surface area contributed by atoms with Crippen molar-refractivity contribution in [3.8, 4) is 0 Å². The second-order valence-corrected chi connectivity index (χ2v) is 23.0. The summed E-state index contributed by atoms with van der Waals surface area (Å²) in [5.41, 5.74) is -3.84. The molecule has 21 heteroatoms.